The highest BCUT2D eigenvalue weighted by Crippen LogP contribution is 2.38. The van der Waals surface area contributed by atoms with Gasteiger partial charge in [0, 0.05) is 33.9 Å². The fourth-order valence-electron chi connectivity index (χ4n) is 3.12. The number of carbonyl (C=O) groups is 3. The second kappa shape index (κ2) is 13.8. The Morgan fingerprint density at radius 1 is 0.947 bits per heavy atom. The molecule has 0 aliphatic carbocycles. The Morgan fingerprint density at radius 3 is 2.18 bits per heavy atom. The molecule has 3 N–H and O–H groups in total. The molecule has 0 spiro atoms. The molecule has 0 aliphatic rings. The molecule has 0 bridgehead atoms. The van der Waals surface area contributed by atoms with Crippen molar-refractivity contribution < 1.29 is 23.9 Å². The minimum Gasteiger partial charge on any atom is -0.490 e. The van der Waals surface area contributed by atoms with E-state index in [-0.39, 0.29) is 12.5 Å². The summed E-state index contributed by atoms with van der Waals surface area (Å²) < 4.78 is 12.2. The number of hydrogen-bond acceptors (Lipinski definition) is 6. The number of rotatable bonds is 9. The molecular formula is C26H23BrCl2N4O5. The van der Waals surface area contributed by atoms with Gasteiger partial charge in [0.1, 0.15) is 6.61 Å². The summed E-state index contributed by atoms with van der Waals surface area (Å²) in [6.45, 7) is 3.71. The Labute approximate surface area is 237 Å². The van der Waals surface area contributed by atoms with Crippen molar-refractivity contribution >= 4 is 74.4 Å². The first-order valence-corrected chi connectivity index (χ1v) is 12.8. The van der Waals surface area contributed by atoms with Crippen LogP contribution in [-0.2, 0) is 21.0 Å². The highest BCUT2D eigenvalue weighted by atomic mass is 79.9. The monoisotopic (exact) mass is 620 g/mol. The quantitative estimate of drug-likeness (QED) is 0.159. The van der Waals surface area contributed by atoms with E-state index in [1.807, 2.05) is 6.92 Å². The van der Waals surface area contributed by atoms with Crippen LogP contribution in [0.1, 0.15) is 25.0 Å². The van der Waals surface area contributed by atoms with Gasteiger partial charge in [0.15, 0.2) is 11.5 Å². The molecule has 3 amide bonds. The van der Waals surface area contributed by atoms with Crippen molar-refractivity contribution in [3.05, 3.63) is 80.2 Å². The number of ether oxygens (including phenoxy) is 2. The van der Waals surface area contributed by atoms with Gasteiger partial charge in [-0.15, -0.1) is 0 Å². The highest BCUT2D eigenvalue weighted by Gasteiger charge is 2.15. The van der Waals surface area contributed by atoms with E-state index in [1.54, 1.807) is 54.6 Å². The molecule has 0 unspecified atom stereocenters. The highest BCUT2D eigenvalue weighted by molar-refractivity contribution is 9.10. The van der Waals surface area contributed by atoms with Crippen LogP contribution in [0.3, 0.4) is 0 Å². The summed E-state index contributed by atoms with van der Waals surface area (Å²) in [4.78, 5) is 35.4. The number of carbonyl (C=O) groups excluding carboxylic acids is 3. The second-order valence-corrected chi connectivity index (χ2v) is 9.33. The molecule has 3 aromatic carbocycles. The number of nitrogens with one attached hydrogen (secondary N) is 3. The number of hydrazone groups is 1. The summed E-state index contributed by atoms with van der Waals surface area (Å²) in [7, 11) is 0. The molecule has 198 valence electrons. The lowest BCUT2D eigenvalue weighted by molar-refractivity contribution is -0.136. The van der Waals surface area contributed by atoms with Crippen molar-refractivity contribution in [2.45, 2.75) is 20.5 Å². The molecule has 3 rings (SSSR count). The number of halogens is 3. The lowest BCUT2D eigenvalue weighted by Gasteiger charge is -2.15. The third kappa shape index (κ3) is 8.20. The molecule has 0 radical (unpaired) electrons. The molecule has 3 aromatic rings. The van der Waals surface area contributed by atoms with Crippen molar-refractivity contribution in [3.63, 3.8) is 0 Å². The first-order chi connectivity index (χ1) is 18.2. The van der Waals surface area contributed by atoms with Crippen molar-refractivity contribution in [1.82, 2.24) is 5.43 Å². The van der Waals surface area contributed by atoms with Gasteiger partial charge in [-0.25, -0.2) is 5.43 Å². The first-order valence-electron chi connectivity index (χ1n) is 11.2. The van der Waals surface area contributed by atoms with Crippen LogP contribution in [0.5, 0.6) is 11.5 Å². The van der Waals surface area contributed by atoms with E-state index in [1.165, 1.54) is 13.1 Å². The summed E-state index contributed by atoms with van der Waals surface area (Å²) in [6, 6.07) is 14.9. The van der Waals surface area contributed by atoms with Gasteiger partial charge >= 0.3 is 11.8 Å². The first kappa shape index (κ1) is 29.0. The third-order valence-electron chi connectivity index (χ3n) is 4.80. The Hall–Kier alpha value is -3.60. The van der Waals surface area contributed by atoms with Gasteiger partial charge in [-0.3, -0.25) is 14.4 Å². The van der Waals surface area contributed by atoms with Crippen LogP contribution < -0.4 is 25.5 Å². The standard InChI is InChI=1S/C26H23BrCl2N4O5/c1-3-37-23-12-16(11-20(27)24(23)38-14-19-21(28)5-4-6-22(19)29)13-30-33-26(36)25(35)32-18-9-7-17(8-10-18)31-15(2)34/h4-13H,3,14H2,1-2H3,(H,31,34)(H,32,35)(H,33,36)/b30-13+. The van der Waals surface area contributed by atoms with Gasteiger partial charge in [0.05, 0.1) is 17.3 Å². The molecule has 0 saturated heterocycles. The van der Waals surface area contributed by atoms with Gasteiger partial charge in [0.25, 0.3) is 0 Å². The van der Waals surface area contributed by atoms with Crippen LogP contribution in [-0.4, -0.2) is 30.5 Å². The number of nitrogens with zero attached hydrogens (tertiary/aromatic N) is 1. The fourth-order valence-corrected chi connectivity index (χ4v) is 4.21. The average molecular weight is 622 g/mol. The molecule has 0 atom stereocenters. The van der Waals surface area contributed by atoms with Gasteiger partial charge < -0.3 is 20.1 Å². The van der Waals surface area contributed by atoms with Gasteiger partial charge in [0.2, 0.25) is 5.91 Å². The van der Waals surface area contributed by atoms with E-state index < -0.39 is 11.8 Å². The summed E-state index contributed by atoms with van der Waals surface area (Å²) in [5.41, 5.74) is 4.32. The van der Waals surface area contributed by atoms with E-state index >= 15 is 0 Å². The van der Waals surface area contributed by atoms with E-state index in [9.17, 15) is 14.4 Å². The normalized spacial score (nSPS) is 10.7. The smallest absolute Gasteiger partial charge is 0.329 e. The predicted octanol–water partition coefficient (Wildman–Crippen LogP) is 5.78. The van der Waals surface area contributed by atoms with Crippen LogP contribution in [0.2, 0.25) is 10.0 Å². The number of hydrogen-bond donors (Lipinski definition) is 3. The van der Waals surface area contributed by atoms with Crippen LogP contribution in [0.25, 0.3) is 0 Å². The third-order valence-corrected chi connectivity index (χ3v) is 6.10. The van der Waals surface area contributed by atoms with Crippen LogP contribution in [0.4, 0.5) is 11.4 Å². The van der Waals surface area contributed by atoms with Gasteiger partial charge in [-0.1, -0.05) is 29.3 Å². The van der Waals surface area contributed by atoms with E-state index in [0.717, 1.165) is 0 Å². The minimum absolute atomic E-state index is 0.117. The zero-order valence-electron chi connectivity index (χ0n) is 20.3. The molecule has 38 heavy (non-hydrogen) atoms. The average Bonchev–Trinajstić information content (AvgIpc) is 2.86. The van der Waals surface area contributed by atoms with Crippen molar-refractivity contribution in [1.29, 1.82) is 0 Å². The zero-order chi connectivity index (χ0) is 27.7. The Morgan fingerprint density at radius 2 is 1.58 bits per heavy atom. The topological polar surface area (TPSA) is 118 Å². The molecular weight excluding hydrogens is 599 g/mol. The lowest BCUT2D eigenvalue weighted by Crippen LogP contribution is -2.32. The summed E-state index contributed by atoms with van der Waals surface area (Å²) >= 11 is 15.9. The van der Waals surface area contributed by atoms with Crippen LogP contribution >= 0.6 is 39.1 Å². The second-order valence-electron chi connectivity index (χ2n) is 7.66. The van der Waals surface area contributed by atoms with E-state index in [4.69, 9.17) is 32.7 Å². The maximum absolute atomic E-state index is 12.2. The molecule has 0 saturated carbocycles. The zero-order valence-corrected chi connectivity index (χ0v) is 23.4. The molecule has 0 aromatic heterocycles. The van der Waals surface area contributed by atoms with Crippen molar-refractivity contribution in [3.8, 4) is 11.5 Å². The lowest BCUT2D eigenvalue weighted by atomic mass is 10.2. The number of amides is 3. The minimum atomic E-state index is -0.965. The van der Waals surface area contributed by atoms with Crippen molar-refractivity contribution in [2.24, 2.45) is 5.10 Å². The van der Waals surface area contributed by atoms with Crippen LogP contribution in [0.15, 0.2) is 64.2 Å². The summed E-state index contributed by atoms with van der Waals surface area (Å²) in [5.74, 6) is -1.23. The number of benzene rings is 3. The summed E-state index contributed by atoms with van der Waals surface area (Å²) in [6.07, 6.45) is 1.36. The number of anilines is 2. The van der Waals surface area contributed by atoms with Crippen LogP contribution in [0, 0.1) is 0 Å². The summed E-state index contributed by atoms with van der Waals surface area (Å²) in [5, 5.41) is 9.88. The van der Waals surface area contributed by atoms with Gasteiger partial charge in [-0.2, -0.15) is 5.10 Å². The van der Waals surface area contributed by atoms with Crippen molar-refractivity contribution in [2.75, 3.05) is 17.2 Å². The maximum Gasteiger partial charge on any atom is 0.329 e. The molecule has 12 heteroatoms. The Kier molecular flexibility index (Phi) is 10.5. The Bertz CT molecular complexity index is 1350. The largest absolute Gasteiger partial charge is 0.490 e. The van der Waals surface area contributed by atoms with E-state index in [2.05, 4.69) is 37.1 Å². The maximum atomic E-state index is 12.2. The fraction of sp³-hybridized carbons (Fsp3) is 0.154. The van der Waals surface area contributed by atoms with E-state index in [0.29, 0.717) is 55.1 Å². The molecule has 0 aliphatic heterocycles. The Balaban J connectivity index is 1.63. The molecule has 9 nitrogen and oxygen atoms in total. The molecule has 0 heterocycles. The molecule has 0 fully saturated rings. The predicted molar refractivity (Wildman–Crippen MR) is 151 cm³/mol. The SMILES string of the molecule is CCOc1cc(/C=N/NC(=O)C(=O)Nc2ccc(NC(C)=O)cc2)cc(Br)c1OCc1c(Cl)cccc1Cl. The van der Waals surface area contributed by atoms with Gasteiger partial charge in [-0.05, 0) is 76.9 Å².